The number of rotatable bonds is 11. The first-order chi connectivity index (χ1) is 16.2. The van der Waals surface area contributed by atoms with Crippen molar-refractivity contribution < 1.29 is 13.2 Å². The quantitative estimate of drug-likeness (QED) is 0.484. The lowest BCUT2D eigenvalue weighted by Gasteiger charge is -2.22. The molecule has 0 aliphatic carbocycles. The third-order valence-electron chi connectivity index (χ3n) is 5.77. The van der Waals surface area contributed by atoms with Crippen molar-refractivity contribution in [3.63, 3.8) is 0 Å². The number of amides is 1. The fraction of sp³-hybridized carbons (Fsp3) is 0.417. The summed E-state index contributed by atoms with van der Waals surface area (Å²) in [5.41, 5.74) is 2.22. The van der Waals surface area contributed by atoms with Gasteiger partial charge in [0.25, 0.3) is 0 Å². The Morgan fingerprint density at radius 3 is 2.50 bits per heavy atom. The van der Waals surface area contributed by atoms with Gasteiger partial charge in [-0.1, -0.05) is 53.5 Å². The van der Waals surface area contributed by atoms with Crippen LogP contribution in [0.1, 0.15) is 30.9 Å². The van der Waals surface area contributed by atoms with E-state index in [2.05, 4.69) is 22.4 Å². The number of aliphatic imine (C=N–C) groups is 1. The highest BCUT2D eigenvalue weighted by atomic mass is 35.5. The molecule has 1 aliphatic heterocycles. The van der Waals surface area contributed by atoms with Crippen LogP contribution in [0.5, 0.6) is 0 Å². The molecule has 0 bridgehead atoms. The van der Waals surface area contributed by atoms with Gasteiger partial charge in [-0.05, 0) is 37.5 Å². The summed E-state index contributed by atoms with van der Waals surface area (Å²) in [6, 6.07) is 12.7. The van der Waals surface area contributed by atoms with Gasteiger partial charge in [-0.25, -0.2) is 12.7 Å². The highest BCUT2D eigenvalue weighted by molar-refractivity contribution is 7.89. The normalized spacial score (nSPS) is 13.6. The Morgan fingerprint density at radius 1 is 1.12 bits per heavy atom. The van der Waals surface area contributed by atoms with Gasteiger partial charge in [0.1, 0.15) is 10.7 Å². The van der Waals surface area contributed by atoms with Crippen molar-refractivity contribution in [2.24, 2.45) is 4.99 Å². The fourth-order valence-electron chi connectivity index (χ4n) is 3.73. The van der Waals surface area contributed by atoms with Crippen LogP contribution in [0.4, 0.5) is 0 Å². The minimum absolute atomic E-state index is 0.00442. The van der Waals surface area contributed by atoms with Crippen LogP contribution in [0.3, 0.4) is 0 Å². The van der Waals surface area contributed by atoms with E-state index in [1.165, 1.54) is 23.5 Å². The molecule has 0 unspecified atom stereocenters. The second kappa shape index (κ2) is 12.0. The van der Waals surface area contributed by atoms with E-state index in [1.54, 1.807) is 11.0 Å². The molecule has 0 aromatic heterocycles. The maximum atomic E-state index is 12.8. The molecule has 1 amide bonds. The summed E-state index contributed by atoms with van der Waals surface area (Å²) in [5.74, 6) is 0.941. The minimum Gasteiger partial charge on any atom is -0.368 e. The van der Waals surface area contributed by atoms with Crippen LogP contribution in [-0.2, 0) is 21.2 Å². The largest absolute Gasteiger partial charge is 0.368 e. The molecule has 3 rings (SSSR count). The number of sulfonamides is 1. The van der Waals surface area contributed by atoms with Crippen molar-refractivity contribution in [1.82, 2.24) is 14.5 Å². The summed E-state index contributed by atoms with van der Waals surface area (Å²) >= 11 is 12.0. The predicted octanol–water partition coefficient (Wildman–Crippen LogP) is 3.84. The number of halogens is 2. The number of benzene rings is 2. The molecule has 1 heterocycles. The Balaban J connectivity index is 1.48. The number of carbonyl (C=O) groups is 1. The average Bonchev–Trinajstić information content (AvgIpc) is 3.36. The van der Waals surface area contributed by atoms with E-state index in [0.717, 1.165) is 36.5 Å². The maximum Gasteiger partial charge on any atom is 0.244 e. The molecular formula is C24H30Cl2N4O3S. The molecule has 0 fully saturated rings. The molecule has 0 atom stereocenters. The molecule has 0 radical (unpaired) electrons. The second-order valence-electron chi connectivity index (χ2n) is 8.06. The number of hydrogen-bond acceptors (Lipinski definition) is 5. The number of nitrogens with one attached hydrogen (secondary N) is 1. The zero-order valence-electron chi connectivity index (χ0n) is 19.4. The Bertz CT molecular complexity index is 1140. The summed E-state index contributed by atoms with van der Waals surface area (Å²) < 4.78 is 26.8. The summed E-state index contributed by atoms with van der Waals surface area (Å²) in [6.45, 7) is 5.04. The van der Waals surface area contributed by atoms with E-state index in [0.29, 0.717) is 19.5 Å². The van der Waals surface area contributed by atoms with Gasteiger partial charge in [0.2, 0.25) is 15.9 Å². The summed E-state index contributed by atoms with van der Waals surface area (Å²) in [7, 11) is -2.32. The molecule has 1 aliphatic rings. The molecule has 7 nitrogen and oxygen atoms in total. The van der Waals surface area contributed by atoms with Crippen LogP contribution in [-0.4, -0.2) is 69.1 Å². The van der Waals surface area contributed by atoms with Crippen molar-refractivity contribution >= 4 is 45.0 Å². The highest BCUT2D eigenvalue weighted by Gasteiger charge is 2.24. The first-order valence-corrected chi connectivity index (χ1v) is 13.5. The Labute approximate surface area is 211 Å². The van der Waals surface area contributed by atoms with E-state index in [9.17, 15) is 13.2 Å². The lowest BCUT2D eigenvalue weighted by atomic mass is 10.1. The van der Waals surface area contributed by atoms with Crippen molar-refractivity contribution in [2.75, 3.05) is 39.8 Å². The third-order valence-corrected chi connectivity index (χ3v) is 8.60. The maximum absolute atomic E-state index is 12.8. The fourth-order valence-corrected chi connectivity index (χ4v) is 5.67. The van der Waals surface area contributed by atoms with Crippen molar-refractivity contribution in [2.45, 2.75) is 31.1 Å². The van der Waals surface area contributed by atoms with E-state index >= 15 is 0 Å². The van der Waals surface area contributed by atoms with Crippen molar-refractivity contribution in [3.05, 3.63) is 63.6 Å². The minimum atomic E-state index is -3.79. The number of likely N-dealkylation sites (N-methyl/N-ethyl adjacent to an activating group) is 1. The molecule has 1 N–H and O–H groups in total. The van der Waals surface area contributed by atoms with Crippen LogP contribution < -0.4 is 5.32 Å². The van der Waals surface area contributed by atoms with Gasteiger partial charge >= 0.3 is 0 Å². The van der Waals surface area contributed by atoms with Gasteiger partial charge in [-0.15, -0.1) is 0 Å². The molecule has 2 aromatic carbocycles. The lowest BCUT2D eigenvalue weighted by molar-refractivity contribution is -0.131. The Morgan fingerprint density at radius 2 is 1.85 bits per heavy atom. The van der Waals surface area contributed by atoms with Gasteiger partial charge < -0.3 is 10.2 Å². The first kappa shape index (κ1) is 26.5. The average molecular weight is 526 g/mol. The summed E-state index contributed by atoms with van der Waals surface area (Å²) in [5, 5.41) is 3.45. The first-order valence-electron chi connectivity index (χ1n) is 11.3. The van der Waals surface area contributed by atoms with E-state index in [4.69, 9.17) is 23.2 Å². The molecule has 2 aromatic rings. The third kappa shape index (κ3) is 6.50. The molecule has 0 saturated heterocycles. The van der Waals surface area contributed by atoms with Gasteiger partial charge in [0.15, 0.2) is 0 Å². The summed E-state index contributed by atoms with van der Waals surface area (Å²) in [4.78, 5) is 18.9. The Hall–Kier alpha value is -2.13. The number of hydrogen-bond donors (Lipinski definition) is 1. The zero-order valence-corrected chi connectivity index (χ0v) is 21.8. The smallest absolute Gasteiger partial charge is 0.244 e. The molecule has 0 saturated carbocycles. The van der Waals surface area contributed by atoms with Gasteiger partial charge in [0, 0.05) is 45.2 Å². The SMILES string of the molecule is CCN(CCc1ccc(C2=NCCN2)cc1)C(=O)CCCN(C)S(=O)(=O)c1cccc(Cl)c1Cl. The second-order valence-corrected chi connectivity index (χ2v) is 10.9. The number of nitrogens with zero attached hydrogens (tertiary/aromatic N) is 3. The molecule has 184 valence electrons. The predicted molar refractivity (Wildman–Crippen MR) is 137 cm³/mol. The van der Waals surface area contributed by atoms with Crippen molar-refractivity contribution in [1.29, 1.82) is 0 Å². The van der Waals surface area contributed by atoms with Crippen molar-refractivity contribution in [3.8, 4) is 0 Å². The highest BCUT2D eigenvalue weighted by Crippen LogP contribution is 2.30. The van der Waals surface area contributed by atoms with Gasteiger partial charge in [-0.2, -0.15) is 0 Å². The van der Waals surface area contributed by atoms with Gasteiger partial charge in [-0.3, -0.25) is 9.79 Å². The lowest BCUT2D eigenvalue weighted by Crippen LogP contribution is -2.34. The van der Waals surface area contributed by atoms with Crippen LogP contribution in [0, 0.1) is 0 Å². The molecule has 0 spiro atoms. The van der Waals surface area contributed by atoms with E-state index < -0.39 is 10.0 Å². The van der Waals surface area contributed by atoms with E-state index in [1.807, 2.05) is 19.1 Å². The molecular weight excluding hydrogens is 495 g/mol. The number of carbonyl (C=O) groups excluding carboxylic acids is 1. The van der Waals surface area contributed by atoms with Crippen LogP contribution in [0.25, 0.3) is 0 Å². The van der Waals surface area contributed by atoms with E-state index in [-0.39, 0.29) is 33.8 Å². The summed E-state index contributed by atoms with van der Waals surface area (Å²) in [6.07, 6.45) is 1.43. The van der Waals surface area contributed by atoms with Crippen LogP contribution in [0.15, 0.2) is 52.4 Å². The molecule has 10 heteroatoms. The molecule has 34 heavy (non-hydrogen) atoms. The zero-order chi connectivity index (χ0) is 24.7. The van der Waals surface area contributed by atoms with Crippen LogP contribution >= 0.6 is 23.2 Å². The Kier molecular flexibility index (Phi) is 9.36. The van der Waals surface area contributed by atoms with Crippen LogP contribution in [0.2, 0.25) is 10.0 Å². The number of amidine groups is 1. The topological polar surface area (TPSA) is 82.1 Å². The standard InChI is InChI=1S/C24H30Cl2N4O3S/c1-3-30(17-13-18-9-11-19(12-10-18)24-27-14-15-28-24)22(31)8-5-16-29(2)34(32,33)21-7-4-6-20(25)23(21)26/h4,6-7,9-12H,3,5,8,13-17H2,1-2H3,(H,27,28). The monoisotopic (exact) mass is 524 g/mol. The van der Waals surface area contributed by atoms with Gasteiger partial charge in [0.05, 0.1) is 16.6 Å².